The zero-order valence-corrected chi connectivity index (χ0v) is 15.4. The summed E-state index contributed by atoms with van der Waals surface area (Å²) in [5, 5.41) is 10.2. The van der Waals surface area contributed by atoms with Gasteiger partial charge < -0.3 is 14.3 Å². The van der Waals surface area contributed by atoms with E-state index in [0.29, 0.717) is 19.6 Å². The van der Waals surface area contributed by atoms with Gasteiger partial charge in [-0.3, -0.25) is 4.79 Å². The molecule has 0 saturated heterocycles. The van der Waals surface area contributed by atoms with E-state index in [0.717, 1.165) is 12.8 Å². The maximum atomic E-state index is 11.9. The van der Waals surface area contributed by atoms with Crippen LogP contribution in [0.5, 0.6) is 0 Å². The fourth-order valence-corrected chi connectivity index (χ4v) is 3.62. The molecule has 124 valence electrons. The molecule has 0 amide bonds. The van der Waals surface area contributed by atoms with Crippen molar-refractivity contribution in [2.45, 2.75) is 71.2 Å². The number of aliphatic hydroxyl groups excluding tert-OH is 1. The van der Waals surface area contributed by atoms with Crippen LogP contribution in [0.1, 0.15) is 47.0 Å². The predicted molar refractivity (Wildman–Crippen MR) is 86.6 cm³/mol. The van der Waals surface area contributed by atoms with Crippen molar-refractivity contribution in [3.05, 3.63) is 0 Å². The lowest BCUT2D eigenvalue weighted by Crippen LogP contribution is -2.43. The summed E-state index contributed by atoms with van der Waals surface area (Å²) in [6.45, 7) is 14.0. The molecule has 0 radical (unpaired) electrons. The standard InChI is InChI=1S/C16H32O4Si/c1-7-19-15(18)13-8-12(9-14(17)10-13)11-20-21(5,6)16(2,3)4/h12-14,17H,7-11H2,1-6H3/t12-,13-,14-/m0/s1. The van der Waals surface area contributed by atoms with Gasteiger partial charge in [0.25, 0.3) is 0 Å². The Hall–Kier alpha value is -0.393. The van der Waals surface area contributed by atoms with Crippen LogP contribution in [-0.2, 0) is 14.0 Å². The Kier molecular flexibility index (Phi) is 6.44. The second kappa shape index (κ2) is 7.25. The van der Waals surface area contributed by atoms with Crippen molar-refractivity contribution in [1.29, 1.82) is 0 Å². The fraction of sp³-hybridized carbons (Fsp3) is 0.938. The van der Waals surface area contributed by atoms with E-state index >= 15 is 0 Å². The van der Waals surface area contributed by atoms with Gasteiger partial charge in [0.05, 0.1) is 18.6 Å². The van der Waals surface area contributed by atoms with E-state index in [9.17, 15) is 9.90 Å². The molecule has 1 rings (SSSR count). The van der Waals surface area contributed by atoms with E-state index in [1.54, 1.807) is 0 Å². The lowest BCUT2D eigenvalue weighted by atomic mass is 9.80. The fourth-order valence-electron chi connectivity index (χ4n) is 2.54. The largest absolute Gasteiger partial charge is 0.466 e. The molecular weight excluding hydrogens is 284 g/mol. The van der Waals surface area contributed by atoms with Gasteiger partial charge in [0.1, 0.15) is 0 Å². The maximum absolute atomic E-state index is 11.9. The molecule has 0 bridgehead atoms. The molecule has 1 N–H and O–H groups in total. The van der Waals surface area contributed by atoms with Crippen LogP contribution >= 0.6 is 0 Å². The van der Waals surface area contributed by atoms with Crippen LogP contribution in [0.3, 0.4) is 0 Å². The molecule has 1 aliphatic carbocycles. The van der Waals surface area contributed by atoms with Crippen molar-refractivity contribution < 1.29 is 19.1 Å². The van der Waals surface area contributed by atoms with Crippen molar-refractivity contribution in [1.82, 2.24) is 0 Å². The summed E-state index contributed by atoms with van der Waals surface area (Å²) in [5.41, 5.74) is 0. The second-order valence-corrected chi connectivity index (χ2v) is 12.6. The summed E-state index contributed by atoms with van der Waals surface area (Å²) in [6, 6.07) is 0. The molecular formula is C16H32O4Si. The topological polar surface area (TPSA) is 55.8 Å². The minimum absolute atomic E-state index is 0.173. The van der Waals surface area contributed by atoms with Gasteiger partial charge in [0, 0.05) is 6.61 Å². The Morgan fingerprint density at radius 1 is 1.24 bits per heavy atom. The molecule has 1 fully saturated rings. The average molecular weight is 317 g/mol. The smallest absolute Gasteiger partial charge is 0.309 e. The highest BCUT2D eigenvalue weighted by atomic mass is 28.4. The number of carbonyl (C=O) groups is 1. The van der Waals surface area contributed by atoms with Crippen LogP contribution in [0.25, 0.3) is 0 Å². The lowest BCUT2D eigenvalue weighted by molar-refractivity contribution is -0.151. The van der Waals surface area contributed by atoms with Crippen molar-refractivity contribution in [2.24, 2.45) is 11.8 Å². The Morgan fingerprint density at radius 2 is 1.86 bits per heavy atom. The van der Waals surface area contributed by atoms with Crippen LogP contribution in [0, 0.1) is 11.8 Å². The van der Waals surface area contributed by atoms with Crippen molar-refractivity contribution in [2.75, 3.05) is 13.2 Å². The molecule has 0 spiro atoms. The molecule has 0 aliphatic heterocycles. The molecule has 21 heavy (non-hydrogen) atoms. The van der Waals surface area contributed by atoms with Crippen LogP contribution in [-0.4, -0.2) is 38.7 Å². The first kappa shape index (κ1) is 18.7. The molecule has 4 nitrogen and oxygen atoms in total. The second-order valence-electron chi connectivity index (χ2n) is 7.75. The van der Waals surface area contributed by atoms with Gasteiger partial charge in [-0.05, 0) is 50.2 Å². The first-order valence-corrected chi connectivity index (χ1v) is 11.0. The molecule has 0 aromatic heterocycles. The summed E-state index contributed by atoms with van der Waals surface area (Å²) >= 11 is 0. The minimum atomic E-state index is -1.77. The van der Waals surface area contributed by atoms with E-state index < -0.39 is 14.4 Å². The first-order valence-electron chi connectivity index (χ1n) is 8.05. The molecule has 0 heterocycles. The summed E-state index contributed by atoms with van der Waals surface area (Å²) < 4.78 is 11.3. The normalized spacial score (nSPS) is 27.5. The summed E-state index contributed by atoms with van der Waals surface area (Å²) in [4.78, 5) is 11.9. The third kappa shape index (κ3) is 5.38. The van der Waals surface area contributed by atoms with Gasteiger partial charge in [0.15, 0.2) is 8.32 Å². The number of rotatable bonds is 5. The number of aliphatic hydroxyl groups is 1. The Balaban J connectivity index is 2.57. The van der Waals surface area contributed by atoms with Crippen LogP contribution in [0.2, 0.25) is 18.1 Å². The van der Waals surface area contributed by atoms with E-state index in [1.165, 1.54) is 0 Å². The number of ether oxygens (including phenoxy) is 1. The van der Waals surface area contributed by atoms with E-state index in [4.69, 9.17) is 9.16 Å². The third-order valence-electron chi connectivity index (χ3n) is 4.89. The quantitative estimate of drug-likeness (QED) is 0.624. The summed E-state index contributed by atoms with van der Waals surface area (Å²) in [5.74, 6) is -0.104. The summed E-state index contributed by atoms with van der Waals surface area (Å²) in [7, 11) is -1.77. The monoisotopic (exact) mass is 316 g/mol. The van der Waals surface area contributed by atoms with Crippen LogP contribution in [0.4, 0.5) is 0 Å². The van der Waals surface area contributed by atoms with Crippen molar-refractivity contribution in [3.8, 4) is 0 Å². The Labute approximate surface area is 130 Å². The molecule has 0 aromatic carbocycles. The van der Waals surface area contributed by atoms with Crippen molar-refractivity contribution in [3.63, 3.8) is 0 Å². The van der Waals surface area contributed by atoms with Gasteiger partial charge >= 0.3 is 5.97 Å². The Bertz CT molecular complexity index is 349. The summed E-state index contributed by atoms with van der Waals surface area (Å²) in [6.07, 6.45) is 1.60. The zero-order chi connectivity index (χ0) is 16.3. The SMILES string of the molecule is CCOC(=O)[C@@H]1C[C@@H](O)C[C@@H](CO[Si](C)(C)C(C)(C)C)C1. The van der Waals surface area contributed by atoms with Gasteiger partial charge in [-0.25, -0.2) is 0 Å². The highest BCUT2D eigenvalue weighted by molar-refractivity contribution is 6.74. The van der Waals surface area contributed by atoms with Crippen LogP contribution in [0.15, 0.2) is 0 Å². The molecule has 3 atom stereocenters. The number of carbonyl (C=O) groups excluding carboxylic acids is 1. The Morgan fingerprint density at radius 3 is 2.38 bits per heavy atom. The average Bonchev–Trinajstić information content (AvgIpc) is 2.35. The molecule has 1 aliphatic rings. The van der Waals surface area contributed by atoms with E-state index in [2.05, 4.69) is 33.9 Å². The highest BCUT2D eigenvalue weighted by Gasteiger charge is 2.39. The van der Waals surface area contributed by atoms with Gasteiger partial charge in [-0.15, -0.1) is 0 Å². The molecule has 0 aromatic rings. The number of hydrogen-bond donors (Lipinski definition) is 1. The van der Waals surface area contributed by atoms with Gasteiger partial charge in [0.2, 0.25) is 0 Å². The van der Waals surface area contributed by atoms with E-state index in [1.807, 2.05) is 6.92 Å². The number of hydrogen-bond acceptors (Lipinski definition) is 4. The van der Waals surface area contributed by atoms with Gasteiger partial charge in [-0.2, -0.15) is 0 Å². The van der Waals surface area contributed by atoms with Crippen LogP contribution < -0.4 is 0 Å². The van der Waals surface area contributed by atoms with Crippen molar-refractivity contribution >= 4 is 14.3 Å². The highest BCUT2D eigenvalue weighted by Crippen LogP contribution is 2.38. The predicted octanol–water partition coefficient (Wildman–Crippen LogP) is 3.35. The third-order valence-corrected chi connectivity index (χ3v) is 9.39. The lowest BCUT2D eigenvalue weighted by Gasteiger charge is -2.39. The minimum Gasteiger partial charge on any atom is -0.466 e. The van der Waals surface area contributed by atoms with E-state index in [-0.39, 0.29) is 22.8 Å². The molecule has 1 saturated carbocycles. The number of esters is 1. The maximum Gasteiger partial charge on any atom is 0.309 e. The molecule has 0 unspecified atom stereocenters. The van der Waals surface area contributed by atoms with Gasteiger partial charge in [-0.1, -0.05) is 20.8 Å². The first-order chi connectivity index (χ1) is 9.56. The molecule has 5 heteroatoms. The zero-order valence-electron chi connectivity index (χ0n) is 14.4.